The molecule has 0 fully saturated rings. The maximum Gasteiger partial charge on any atom is 0.335 e. The second-order valence-corrected chi connectivity index (χ2v) is 6.30. The number of phenols is 2. The van der Waals surface area contributed by atoms with Crippen molar-refractivity contribution in [2.45, 2.75) is 11.8 Å². The van der Waals surface area contributed by atoms with E-state index in [4.69, 9.17) is 9.47 Å². The van der Waals surface area contributed by atoms with Gasteiger partial charge in [-0.2, -0.15) is 0 Å². The molecule has 0 saturated carbocycles. The SMILES string of the molecule is COC(=O)C1=C(C(=O)OC)[C@H]2c3ccc(O)cc3[C@@H]1c1ccc(O)cc12. The van der Waals surface area contributed by atoms with Crippen LogP contribution >= 0.6 is 0 Å². The smallest absolute Gasteiger partial charge is 0.335 e. The Morgan fingerprint density at radius 3 is 1.46 bits per heavy atom. The lowest BCUT2D eigenvalue weighted by molar-refractivity contribution is -0.140. The van der Waals surface area contributed by atoms with Gasteiger partial charge in [0.15, 0.2) is 0 Å². The first-order valence-electron chi connectivity index (χ1n) is 8.04. The van der Waals surface area contributed by atoms with Gasteiger partial charge < -0.3 is 19.7 Å². The number of hydrogen-bond acceptors (Lipinski definition) is 6. The Labute approximate surface area is 149 Å². The van der Waals surface area contributed by atoms with Crippen LogP contribution in [0.1, 0.15) is 34.1 Å². The van der Waals surface area contributed by atoms with E-state index in [9.17, 15) is 19.8 Å². The van der Waals surface area contributed by atoms with Crippen molar-refractivity contribution in [3.63, 3.8) is 0 Å². The first kappa shape index (κ1) is 16.2. The fourth-order valence-electron chi connectivity index (χ4n) is 4.09. The number of methoxy groups -OCH3 is 2. The van der Waals surface area contributed by atoms with Gasteiger partial charge in [0.1, 0.15) is 11.5 Å². The normalized spacial score (nSPS) is 19.6. The van der Waals surface area contributed by atoms with Gasteiger partial charge in [-0.3, -0.25) is 0 Å². The van der Waals surface area contributed by atoms with Gasteiger partial charge in [-0.15, -0.1) is 0 Å². The van der Waals surface area contributed by atoms with Gasteiger partial charge in [0, 0.05) is 11.8 Å². The molecule has 3 aliphatic carbocycles. The third-order valence-electron chi connectivity index (χ3n) is 5.06. The van der Waals surface area contributed by atoms with Crippen LogP contribution in [0.3, 0.4) is 0 Å². The van der Waals surface area contributed by atoms with Crippen molar-refractivity contribution in [2.24, 2.45) is 0 Å². The second kappa shape index (κ2) is 5.62. The molecule has 0 amide bonds. The van der Waals surface area contributed by atoms with E-state index in [0.29, 0.717) is 0 Å². The summed E-state index contributed by atoms with van der Waals surface area (Å²) in [6.45, 7) is 0. The zero-order valence-corrected chi connectivity index (χ0v) is 14.1. The molecule has 0 radical (unpaired) electrons. The summed E-state index contributed by atoms with van der Waals surface area (Å²) in [6.07, 6.45) is 0. The van der Waals surface area contributed by atoms with Crippen molar-refractivity contribution in [3.05, 3.63) is 69.8 Å². The highest BCUT2D eigenvalue weighted by Gasteiger charge is 2.48. The Hall–Kier alpha value is -3.28. The number of benzene rings is 2. The molecule has 0 unspecified atom stereocenters. The molecule has 0 aromatic heterocycles. The molecule has 2 aromatic rings. The van der Waals surface area contributed by atoms with Gasteiger partial charge >= 0.3 is 11.9 Å². The molecule has 26 heavy (non-hydrogen) atoms. The number of carbonyl (C=O) groups excluding carboxylic acids is 2. The Morgan fingerprint density at radius 2 is 1.12 bits per heavy atom. The summed E-state index contributed by atoms with van der Waals surface area (Å²) in [4.78, 5) is 25.1. The van der Waals surface area contributed by atoms with Crippen LogP contribution in [0.25, 0.3) is 0 Å². The predicted molar refractivity (Wildman–Crippen MR) is 91.0 cm³/mol. The van der Waals surface area contributed by atoms with Crippen LogP contribution in [0.5, 0.6) is 11.5 Å². The number of phenolic OH excluding ortho intramolecular Hbond substituents is 2. The zero-order valence-electron chi connectivity index (χ0n) is 14.1. The average Bonchev–Trinajstić information content (AvgIpc) is 2.65. The molecule has 5 rings (SSSR count). The number of rotatable bonds is 2. The van der Waals surface area contributed by atoms with Crippen molar-refractivity contribution in [3.8, 4) is 11.5 Å². The topological polar surface area (TPSA) is 93.1 Å². The van der Waals surface area contributed by atoms with E-state index in [1.807, 2.05) is 0 Å². The van der Waals surface area contributed by atoms with Crippen LogP contribution in [0, 0.1) is 0 Å². The quantitative estimate of drug-likeness (QED) is 0.806. The van der Waals surface area contributed by atoms with E-state index >= 15 is 0 Å². The van der Waals surface area contributed by atoms with E-state index in [2.05, 4.69) is 0 Å². The van der Waals surface area contributed by atoms with Crippen molar-refractivity contribution in [2.75, 3.05) is 14.2 Å². The summed E-state index contributed by atoms with van der Waals surface area (Å²) in [5, 5.41) is 19.9. The fraction of sp³-hybridized carbons (Fsp3) is 0.200. The molecule has 0 heterocycles. The van der Waals surface area contributed by atoms with E-state index in [0.717, 1.165) is 22.3 Å². The number of ether oxygens (including phenoxy) is 2. The Morgan fingerprint density at radius 1 is 0.731 bits per heavy atom. The molecule has 2 aromatic carbocycles. The third kappa shape index (κ3) is 2.05. The second-order valence-electron chi connectivity index (χ2n) is 6.30. The number of aromatic hydroxyl groups is 2. The number of hydrogen-bond donors (Lipinski definition) is 2. The molecule has 2 bridgehead atoms. The van der Waals surface area contributed by atoms with Gasteiger partial charge in [-0.05, 0) is 46.5 Å². The Balaban J connectivity index is 2.10. The van der Waals surface area contributed by atoms with Gasteiger partial charge in [0.05, 0.1) is 25.4 Å². The molecule has 2 atom stereocenters. The van der Waals surface area contributed by atoms with Crippen LogP contribution in [-0.4, -0.2) is 36.4 Å². The van der Waals surface area contributed by atoms with Crippen LogP contribution in [-0.2, 0) is 19.1 Å². The molecule has 0 saturated heterocycles. The maximum absolute atomic E-state index is 12.6. The lowest BCUT2D eigenvalue weighted by atomic mass is 9.61. The largest absolute Gasteiger partial charge is 0.508 e. The molecule has 132 valence electrons. The minimum absolute atomic E-state index is 0.0699. The summed E-state index contributed by atoms with van der Waals surface area (Å²) in [5.74, 6) is -2.26. The van der Waals surface area contributed by atoms with Gasteiger partial charge in [-0.1, -0.05) is 12.1 Å². The molecule has 0 spiro atoms. The van der Waals surface area contributed by atoms with E-state index in [1.54, 1.807) is 24.3 Å². The molecular weight excluding hydrogens is 336 g/mol. The minimum Gasteiger partial charge on any atom is -0.508 e. The molecule has 3 aliphatic rings. The number of esters is 2. The van der Waals surface area contributed by atoms with Crippen molar-refractivity contribution in [1.29, 1.82) is 0 Å². The highest BCUT2D eigenvalue weighted by atomic mass is 16.5. The molecule has 6 heteroatoms. The summed E-state index contributed by atoms with van der Waals surface area (Å²) >= 11 is 0. The monoisotopic (exact) mass is 352 g/mol. The molecule has 2 N–H and O–H groups in total. The van der Waals surface area contributed by atoms with Gasteiger partial charge in [0.25, 0.3) is 0 Å². The minimum atomic E-state index is -0.617. The summed E-state index contributed by atoms with van der Waals surface area (Å²) < 4.78 is 9.87. The first-order valence-corrected chi connectivity index (χ1v) is 8.04. The first-order chi connectivity index (χ1) is 12.5. The zero-order chi connectivity index (χ0) is 18.6. The molecule has 6 nitrogen and oxygen atoms in total. The van der Waals surface area contributed by atoms with E-state index in [-0.39, 0.29) is 22.6 Å². The lowest BCUT2D eigenvalue weighted by Crippen LogP contribution is -2.34. The van der Waals surface area contributed by atoms with E-state index < -0.39 is 23.8 Å². The van der Waals surface area contributed by atoms with Crippen molar-refractivity contribution in [1.82, 2.24) is 0 Å². The van der Waals surface area contributed by atoms with Gasteiger partial charge in [-0.25, -0.2) is 9.59 Å². The maximum atomic E-state index is 12.6. The highest BCUT2D eigenvalue weighted by molar-refractivity contribution is 6.06. The average molecular weight is 352 g/mol. The Bertz CT molecular complexity index is 908. The van der Waals surface area contributed by atoms with Gasteiger partial charge in [0.2, 0.25) is 0 Å². The van der Waals surface area contributed by atoms with Crippen molar-refractivity contribution >= 4 is 11.9 Å². The van der Waals surface area contributed by atoms with Crippen LogP contribution < -0.4 is 0 Å². The standard InChI is InChI=1S/C20H16O6/c1-25-19(23)17-15-11-5-3-10(22)8-14(11)16(18(17)20(24)26-2)12-6-4-9(21)7-13(12)15/h3-8,15-16,21-22H,1-2H3/t15-,16-/m0/s1. The Kier molecular flexibility index (Phi) is 3.50. The van der Waals surface area contributed by atoms with E-state index in [1.165, 1.54) is 26.4 Å². The summed E-state index contributed by atoms with van der Waals surface area (Å²) in [5.41, 5.74) is 3.47. The predicted octanol–water partition coefficient (Wildman–Crippen LogP) is 2.33. The summed E-state index contributed by atoms with van der Waals surface area (Å²) in [7, 11) is 2.52. The number of carbonyl (C=O) groups is 2. The molecule has 0 aliphatic heterocycles. The third-order valence-corrected chi connectivity index (χ3v) is 5.06. The highest BCUT2D eigenvalue weighted by Crippen LogP contribution is 2.57. The molecular formula is C20H16O6. The van der Waals surface area contributed by atoms with Crippen LogP contribution in [0.4, 0.5) is 0 Å². The van der Waals surface area contributed by atoms with Crippen molar-refractivity contribution < 1.29 is 29.3 Å². The fourth-order valence-corrected chi connectivity index (χ4v) is 4.09. The van der Waals surface area contributed by atoms with Crippen LogP contribution in [0.15, 0.2) is 47.5 Å². The lowest BCUT2D eigenvalue weighted by Gasteiger charge is -2.41. The summed E-state index contributed by atoms with van der Waals surface area (Å²) in [6, 6.07) is 9.72. The van der Waals surface area contributed by atoms with Crippen LogP contribution in [0.2, 0.25) is 0 Å².